The number of para-hydroxylation sites is 1. The van der Waals surface area contributed by atoms with Crippen molar-refractivity contribution in [2.45, 2.75) is 12.8 Å². The minimum Gasteiger partial charge on any atom is -0.371 e. The lowest BCUT2D eigenvalue weighted by Crippen LogP contribution is -2.18. The van der Waals surface area contributed by atoms with Crippen LogP contribution in [0.3, 0.4) is 0 Å². The average Bonchev–Trinajstić information content (AvgIpc) is 3.29. The van der Waals surface area contributed by atoms with Gasteiger partial charge in [0, 0.05) is 30.5 Å². The van der Waals surface area contributed by atoms with Crippen LogP contribution in [0.1, 0.15) is 17.8 Å². The molecule has 1 saturated heterocycles. The number of hydrogen-bond acceptors (Lipinski definition) is 4. The number of carbonyl (C=O) groups is 1. The summed E-state index contributed by atoms with van der Waals surface area (Å²) in [4.78, 5) is 18.8. The van der Waals surface area contributed by atoms with Crippen molar-refractivity contribution in [2.24, 2.45) is 0 Å². The first-order valence-electron chi connectivity index (χ1n) is 8.57. The first kappa shape index (κ1) is 16.7. The van der Waals surface area contributed by atoms with Crippen molar-refractivity contribution < 1.29 is 9.18 Å². The van der Waals surface area contributed by atoms with E-state index in [-0.39, 0.29) is 11.7 Å². The van der Waals surface area contributed by atoms with E-state index in [4.69, 9.17) is 0 Å². The van der Waals surface area contributed by atoms with E-state index in [1.807, 2.05) is 30.3 Å². The number of thiazole rings is 1. The standard InChI is InChI=1S/C20H18FN3OS/c21-14-11-15(13-16(12-14)24-9-3-4-10-24)22-19(25)7-8-20-23-17-5-1-2-6-18(17)26-20/h1-2,5-8,11-13H,3-4,9-10H2,(H,22,25)/b8-7+. The summed E-state index contributed by atoms with van der Waals surface area (Å²) in [5.41, 5.74) is 2.19. The highest BCUT2D eigenvalue weighted by molar-refractivity contribution is 7.19. The van der Waals surface area contributed by atoms with Crippen molar-refractivity contribution in [3.05, 3.63) is 59.4 Å². The summed E-state index contributed by atoms with van der Waals surface area (Å²) in [6, 6.07) is 12.5. The molecule has 1 amide bonds. The van der Waals surface area contributed by atoms with Gasteiger partial charge >= 0.3 is 0 Å². The van der Waals surface area contributed by atoms with E-state index in [0.717, 1.165) is 46.8 Å². The van der Waals surface area contributed by atoms with Gasteiger partial charge in [0.1, 0.15) is 10.8 Å². The lowest BCUT2D eigenvalue weighted by Gasteiger charge is -2.18. The molecule has 4 nitrogen and oxygen atoms in total. The molecule has 0 unspecified atom stereocenters. The monoisotopic (exact) mass is 367 g/mol. The van der Waals surface area contributed by atoms with Gasteiger partial charge in [0.2, 0.25) is 5.91 Å². The molecule has 3 aromatic rings. The molecule has 1 fully saturated rings. The number of nitrogens with one attached hydrogen (secondary N) is 1. The topological polar surface area (TPSA) is 45.2 Å². The molecule has 0 radical (unpaired) electrons. The predicted molar refractivity (Wildman–Crippen MR) is 105 cm³/mol. The van der Waals surface area contributed by atoms with Crippen molar-refractivity contribution in [1.29, 1.82) is 0 Å². The Hall–Kier alpha value is -2.73. The molecule has 1 aromatic heterocycles. The molecule has 0 atom stereocenters. The Balaban J connectivity index is 1.47. The van der Waals surface area contributed by atoms with Gasteiger partial charge < -0.3 is 10.2 Å². The molecular formula is C20H18FN3OS. The number of carbonyl (C=O) groups excluding carboxylic acids is 1. The van der Waals surface area contributed by atoms with Crippen LogP contribution in [0.25, 0.3) is 16.3 Å². The number of halogens is 1. The summed E-state index contributed by atoms with van der Waals surface area (Å²) in [5, 5.41) is 3.50. The minimum absolute atomic E-state index is 0.303. The van der Waals surface area contributed by atoms with E-state index in [1.165, 1.54) is 29.5 Å². The van der Waals surface area contributed by atoms with Crippen LogP contribution in [0.15, 0.2) is 48.5 Å². The van der Waals surface area contributed by atoms with Crippen LogP contribution >= 0.6 is 11.3 Å². The number of benzene rings is 2. The Kier molecular flexibility index (Phi) is 4.67. The second-order valence-electron chi connectivity index (χ2n) is 6.23. The van der Waals surface area contributed by atoms with E-state index in [9.17, 15) is 9.18 Å². The van der Waals surface area contributed by atoms with Crippen LogP contribution in [-0.4, -0.2) is 24.0 Å². The summed E-state index contributed by atoms with van der Waals surface area (Å²) in [7, 11) is 0. The second kappa shape index (κ2) is 7.25. The lowest BCUT2D eigenvalue weighted by atomic mass is 10.2. The fourth-order valence-corrected chi connectivity index (χ4v) is 3.97. The van der Waals surface area contributed by atoms with Crippen molar-refractivity contribution >= 4 is 44.9 Å². The first-order valence-corrected chi connectivity index (χ1v) is 9.39. The molecule has 0 aliphatic carbocycles. The minimum atomic E-state index is -0.347. The number of rotatable bonds is 4. The third-order valence-corrected chi connectivity index (χ3v) is 5.31. The normalized spacial score (nSPS) is 14.4. The van der Waals surface area contributed by atoms with Gasteiger partial charge in [0.25, 0.3) is 0 Å². The summed E-state index contributed by atoms with van der Waals surface area (Å²) in [6.07, 6.45) is 5.34. The van der Waals surface area contributed by atoms with E-state index < -0.39 is 0 Å². The number of aromatic nitrogens is 1. The van der Waals surface area contributed by atoms with Crippen LogP contribution in [0.4, 0.5) is 15.8 Å². The van der Waals surface area contributed by atoms with Crippen LogP contribution < -0.4 is 10.2 Å². The van der Waals surface area contributed by atoms with Crippen LogP contribution in [0, 0.1) is 5.82 Å². The van der Waals surface area contributed by atoms with Crippen molar-refractivity contribution in [3.8, 4) is 0 Å². The zero-order valence-corrected chi connectivity index (χ0v) is 14.9. The van der Waals surface area contributed by atoms with Crippen LogP contribution in [-0.2, 0) is 4.79 Å². The fourth-order valence-electron chi connectivity index (χ4n) is 3.10. The average molecular weight is 367 g/mol. The lowest BCUT2D eigenvalue weighted by molar-refractivity contribution is -0.111. The first-order chi connectivity index (χ1) is 12.7. The molecule has 132 valence electrons. The number of fused-ring (bicyclic) bond motifs is 1. The molecule has 0 bridgehead atoms. The van der Waals surface area contributed by atoms with Crippen molar-refractivity contribution in [2.75, 3.05) is 23.3 Å². The van der Waals surface area contributed by atoms with Gasteiger partial charge in [0.15, 0.2) is 0 Å². The fraction of sp³-hybridized carbons (Fsp3) is 0.200. The van der Waals surface area contributed by atoms with Gasteiger partial charge in [0.05, 0.1) is 10.2 Å². The van der Waals surface area contributed by atoms with Gasteiger partial charge in [-0.3, -0.25) is 4.79 Å². The van der Waals surface area contributed by atoms with Gasteiger partial charge in [-0.2, -0.15) is 0 Å². The molecule has 0 saturated carbocycles. The van der Waals surface area contributed by atoms with E-state index in [1.54, 1.807) is 6.08 Å². The van der Waals surface area contributed by atoms with Crippen molar-refractivity contribution in [1.82, 2.24) is 4.98 Å². The zero-order chi connectivity index (χ0) is 17.9. The number of nitrogens with zero attached hydrogens (tertiary/aromatic N) is 2. The summed E-state index contributed by atoms with van der Waals surface area (Å²) in [5.74, 6) is -0.651. The Morgan fingerprint density at radius 3 is 2.81 bits per heavy atom. The molecule has 6 heteroatoms. The summed E-state index contributed by atoms with van der Waals surface area (Å²) >= 11 is 1.52. The Morgan fingerprint density at radius 1 is 1.19 bits per heavy atom. The van der Waals surface area contributed by atoms with E-state index in [2.05, 4.69) is 15.2 Å². The maximum Gasteiger partial charge on any atom is 0.248 e. The van der Waals surface area contributed by atoms with Gasteiger partial charge in [-0.1, -0.05) is 12.1 Å². The highest BCUT2D eigenvalue weighted by Crippen LogP contribution is 2.25. The molecular weight excluding hydrogens is 349 g/mol. The third kappa shape index (κ3) is 3.75. The Morgan fingerprint density at radius 2 is 2.00 bits per heavy atom. The predicted octanol–water partition coefficient (Wildman–Crippen LogP) is 4.69. The SMILES string of the molecule is O=C(/C=C/c1nc2ccccc2s1)Nc1cc(F)cc(N2CCCC2)c1. The van der Waals surface area contributed by atoms with Gasteiger partial charge in [-0.25, -0.2) is 9.37 Å². The van der Waals surface area contributed by atoms with E-state index >= 15 is 0 Å². The molecule has 1 aliphatic rings. The molecule has 2 heterocycles. The highest BCUT2D eigenvalue weighted by Gasteiger charge is 2.14. The number of anilines is 2. The van der Waals surface area contributed by atoms with Crippen LogP contribution in [0.2, 0.25) is 0 Å². The maximum absolute atomic E-state index is 13.9. The van der Waals surface area contributed by atoms with Gasteiger partial charge in [-0.05, 0) is 49.2 Å². The van der Waals surface area contributed by atoms with Gasteiger partial charge in [-0.15, -0.1) is 11.3 Å². The molecule has 1 aliphatic heterocycles. The largest absolute Gasteiger partial charge is 0.371 e. The van der Waals surface area contributed by atoms with Crippen LogP contribution in [0.5, 0.6) is 0 Å². The number of hydrogen-bond donors (Lipinski definition) is 1. The van der Waals surface area contributed by atoms with E-state index in [0.29, 0.717) is 5.69 Å². The smallest absolute Gasteiger partial charge is 0.248 e. The summed E-state index contributed by atoms with van der Waals surface area (Å²) in [6.45, 7) is 1.85. The Labute approximate surface area is 155 Å². The third-order valence-electron chi connectivity index (χ3n) is 4.31. The summed E-state index contributed by atoms with van der Waals surface area (Å²) < 4.78 is 15.0. The molecule has 0 spiro atoms. The molecule has 4 rings (SSSR count). The second-order valence-corrected chi connectivity index (χ2v) is 7.30. The molecule has 26 heavy (non-hydrogen) atoms. The Bertz CT molecular complexity index is 943. The molecule has 2 aromatic carbocycles. The number of amides is 1. The molecule has 1 N–H and O–H groups in total. The van der Waals surface area contributed by atoms with Crippen molar-refractivity contribution in [3.63, 3.8) is 0 Å². The highest BCUT2D eigenvalue weighted by atomic mass is 32.1. The maximum atomic E-state index is 13.9. The zero-order valence-electron chi connectivity index (χ0n) is 14.1. The quantitative estimate of drug-likeness (QED) is 0.681.